The summed E-state index contributed by atoms with van der Waals surface area (Å²) < 4.78 is 0. The van der Waals surface area contributed by atoms with Gasteiger partial charge in [-0.25, -0.2) is 0 Å². The molecule has 0 aliphatic heterocycles. The zero-order valence-electron chi connectivity index (χ0n) is 8.96. The number of hydrogen-bond acceptors (Lipinski definition) is 2. The van der Waals surface area contributed by atoms with Crippen molar-refractivity contribution in [2.45, 2.75) is 52.3 Å². The molecule has 76 valence electrons. The van der Waals surface area contributed by atoms with Crippen LogP contribution in [-0.2, 0) is 0 Å². The summed E-state index contributed by atoms with van der Waals surface area (Å²) in [6, 6.07) is 0.472. The van der Waals surface area contributed by atoms with Gasteiger partial charge < -0.3 is 5.11 Å². The van der Waals surface area contributed by atoms with Gasteiger partial charge in [-0.05, 0) is 41.7 Å². The number of rotatable bonds is 3. The first-order valence-electron chi connectivity index (χ1n) is 4.21. The van der Waals surface area contributed by atoms with E-state index >= 15 is 0 Å². The van der Waals surface area contributed by atoms with Crippen molar-refractivity contribution in [1.29, 1.82) is 0 Å². The molecule has 0 aliphatic carbocycles. The van der Waals surface area contributed by atoms with Crippen LogP contribution in [0, 0.1) is 0 Å². The fourth-order valence-corrected chi connectivity index (χ4v) is 0.960. The molecule has 0 saturated carbocycles. The van der Waals surface area contributed by atoms with Crippen molar-refractivity contribution in [3.63, 3.8) is 0 Å². The molecule has 0 spiro atoms. The lowest BCUT2D eigenvalue weighted by atomic mass is 9.95. The standard InChI is InChI=1S/C9H21NO.ClH/c1-7(2)10(6)9(4,5)8(3)11;/h7-8,11H,1-6H3;1H. The predicted molar refractivity (Wildman–Crippen MR) is 55.9 cm³/mol. The Bertz CT molecular complexity index is 124. The van der Waals surface area contributed by atoms with Crippen molar-refractivity contribution in [3.8, 4) is 0 Å². The molecule has 0 aromatic carbocycles. The Morgan fingerprint density at radius 1 is 1.17 bits per heavy atom. The van der Waals surface area contributed by atoms with E-state index in [1.54, 1.807) is 0 Å². The summed E-state index contributed by atoms with van der Waals surface area (Å²) in [5.74, 6) is 0. The first kappa shape index (κ1) is 14.7. The third-order valence-corrected chi connectivity index (χ3v) is 2.71. The molecule has 0 radical (unpaired) electrons. The summed E-state index contributed by atoms with van der Waals surface area (Å²) in [6.07, 6.45) is -0.296. The van der Waals surface area contributed by atoms with Gasteiger partial charge in [-0.1, -0.05) is 0 Å². The molecule has 0 rings (SSSR count). The molecule has 0 heterocycles. The maximum Gasteiger partial charge on any atom is 0.0690 e. The predicted octanol–water partition coefficient (Wildman–Crippen LogP) is 1.91. The van der Waals surface area contributed by atoms with Crippen LogP contribution in [0.25, 0.3) is 0 Å². The van der Waals surface area contributed by atoms with Gasteiger partial charge in [0.15, 0.2) is 0 Å². The van der Waals surface area contributed by atoms with E-state index in [-0.39, 0.29) is 24.0 Å². The van der Waals surface area contributed by atoms with E-state index in [9.17, 15) is 5.11 Å². The number of aliphatic hydroxyl groups is 1. The first-order valence-corrected chi connectivity index (χ1v) is 4.21. The number of halogens is 1. The second kappa shape index (κ2) is 5.05. The molecule has 0 fully saturated rings. The molecular formula is C9H22ClNO. The molecule has 0 amide bonds. The minimum Gasteiger partial charge on any atom is -0.392 e. The molecule has 0 bridgehead atoms. The normalized spacial score (nSPS) is 14.8. The van der Waals surface area contributed by atoms with Gasteiger partial charge in [-0.15, -0.1) is 12.4 Å². The van der Waals surface area contributed by atoms with Crippen LogP contribution in [0.2, 0.25) is 0 Å². The maximum atomic E-state index is 9.46. The number of hydrogen-bond donors (Lipinski definition) is 1. The molecular weight excluding hydrogens is 174 g/mol. The third-order valence-electron chi connectivity index (χ3n) is 2.71. The highest BCUT2D eigenvalue weighted by Gasteiger charge is 2.30. The monoisotopic (exact) mass is 195 g/mol. The van der Waals surface area contributed by atoms with E-state index in [1.165, 1.54) is 0 Å². The van der Waals surface area contributed by atoms with Gasteiger partial charge in [0, 0.05) is 11.6 Å². The summed E-state index contributed by atoms with van der Waals surface area (Å²) in [5.41, 5.74) is -0.131. The largest absolute Gasteiger partial charge is 0.392 e. The van der Waals surface area contributed by atoms with Gasteiger partial charge in [-0.3, -0.25) is 4.90 Å². The van der Waals surface area contributed by atoms with Crippen molar-refractivity contribution in [2.75, 3.05) is 7.05 Å². The van der Waals surface area contributed by atoms with Crippen molar-refractivity contribution >= 4 is 12.4 Å². The molecule has 0 aromatic heterocycles. The van der Waals surface area contributed by atoms with E-state index in [0.29, 0.717) is 6.04 Å². The lowest BCUT2D eigenvalue weighted by Crippen LogP contribution is -2.52. The Morgan fingerprint density at radius 2 is 1.50 bits per heavy atom. The van der Waals surface area contributed by atoms with Gasteiger partial charge >= 0.3 is 0 Å². The second-order valence-electron chi connectivity index (χ2n) is 4.03. The molecule has 0 aromatic rings. The molecule has 0 aliphatic rings. The van der Waals surface area contributed by atoms with Crippen LogP contribution in [0.4, 0.5) is 0 Å². The molecule has 1 atom stereocenters. The van der Waals surface area contributed by atoms with E-state index < -0.39 is 0 Å². The van der Waals surface area contributed by atoms with Crippen LogP contribution in [-0.4, -0.2) is 34.7 Å². The fourth-order valence-electron chi connectivity index (χ4n) is 0.960. The topological polar surface area (TPSA) is 23.5 Å². The van der Waals surface area contributed by atoms with Crippen LogP contribution in [0.15, 0.2) is 0 Å². The van der Waals surface area contributed by atoms with E-state index in [4.69, 9.17) is 0 Å². The third kappa shape index (κ3) is 3.30. The molecule has 0 saturated heterocycles. The Balaban J connectivity index is 0. The van der Waals surface area contributed by atoms with Crippen LogP contribution < -0.4 is 0 Å². The van der Waals surface area contributed by atoms with Gasteiger partial charge in [0.05, 0.1) is 6.10 Å². The number of nitrogens with zero attached hydrogens (tertiary/aromatic N) is 1. The van der Waals surface area contributed by atoms with Crippen molar-refractivity contribution in [1.82, 2.24) is 4.90 Å². The van der Waals surface area contributed by atoms with Crippen LogP contribution >= 0.6 is 12.4 Å². The lowest BCUT2D eigenvalue weighted by molar-refractivity contribution is -0.000213. The van der Waals surface area contributed by atoms with Crippen molar-refractivity contribution in [3.05, 3.63) is 0 Å². The highest BCUT2D eigenvalue weighted by molar-refractivity contribution is 5.85. The average molecular weight is 196 g/mol. The lowest BCUT2D eigenvalue weighted by Gasteiger charge is -2.40. The Kier molecular flexibility index (Phi) is 6.20. The van der Waals surface area contributed by atoms with E-state index in [2.05, 4.69) is 32.6 Å². The summed E-state index contributed by atoms with van der Waals surface area (Å²) in [5, 5.41) is 9.46. The molecule has 12 heavy (non-hydrogen) atoms. The van der Waals surface area contributed by atoms with Crippen molar-refractivity contribution < 1.29 is 5.11 Å². The van der Waals surface area contributed by atoms with Crippen LogP contribution in [0.5, 0.6) is 0 Å². The number of aliphatic hydroxyl groups excluding tert-OH is 1. The molecule has 1 unspecified atom stereocenters. The van der Waals surface area contributed by atoms with Gasteiger partial charge in [0.1, 0.15) is 0 Å². The first-order chi connectivity index (χ1) is 4.80. The summed E-state index contributed by atoms with van der Waals surface area (Å²) in [6.45, 7) is 10.2. The van der Waals surface area contributed by atoms with E-state index in [1.807, 2.05) is 14.0 Å². The SMILES string of the molecule is CC(C)N(C)C(C)(C)C(C)O.Cl. The Morgan fingerprint density at radius 3 is 1.58 bits per heavy atom. The number of likely N-dealkylation sites (N-methyl/N-ethyl adjacent to an activating group) is 1. The molecule has 2 nitrogen and oxygen atoms in total. The van der Waals surface area contributed by atoms with Gasteiger partial charge in [-0.2, -0.15) is 0 Å². The maximum absolute atomic E-state index is 9.46. The van der Waals surface area contributed by atoms with Gasteiger partial charge in [0.2, 0.25) is 0 Å². The van der Waals surface area contributed by atoms with Gasteiger partial charge in [0.25, 0.3) is 0 Å². The Hall–Kier alpha value is 0.210. The zero-order chi connectivity index (χ0) is 9.23. The minimum atomic E-state index is -0.296. The minimum absolute atomic E-state index is 0. The molecule has 3 heteroatoms. The van der Waals surface area contributed by atoms with Crippen LogP contribution in [0.1, 0.15) is 34.6 Å². The average Bonchev–Trinajstić information content (AvgIpc) is 1.85. The highest BCUT2D eigenvalue weighted by atomic mass is 35.5. The van der Waals surface area contributed by atoms with E-state index in [0.717, 1.165) is 0 Å². The Labute approximate surface area is 82.4 Å². The smallest absolute Gasteiger partial charge is 0.0690 e. The zero-order valence-corrected chi connectivity index (χ0v) is 9.77. The second-order valence-corrected chi connectivity index (χ2v) is 4.03. The fraction of sp³-hybridized carbons (Fsp3) is 1.00. The molecule has 1 N–H and O–H groups in total. The van der Waals surface area contributed by atoms with Crippen LogP contribution in [0.3, 0.4) is 0 Å². The quantitative estimate of drug-likeness (QED) is 0.744. The summed E-state index contributed by atoms with van der Waals surface area (Å²) in [7, 11) is 2.04. The summed E-state index contributed by atoms with van der Waals surface area (Å²) >= 11 is 0. The summed E-state index contributed by atoms with van der Waals surface area (Å²) in [4.78, 5) is 2.18. The van der Waals surface area contributed by atoms with Crippen molar-refractivity contribution in [2.24, 2.45) is 0 Å². The highest BCUT2D eigenvalue weighted by Crippen LogP contribution is 2.19.